The molecule has 1 saturated heterocycles. The van der Waals surface area contributed by atoms with Gasteiger partial charge in [0.05, 0.1) is 25.4 Å². The zero-order chi connectivity index (χ0) is 53.3. The summed E-state index contributed by atoms with van der Waals surface area (Å²) in [6.45, 7) is 5.59. The van der Waals surface area contributed by atoms with E-state index in [9.17, 15) is 35.1 Å². The molecule has 1 rings (SSSR count). The van der Waals surface area contributed by atoms with Crippen LogP contribution < -0.4 is 5.32 Å². The highest BCUT2D eigenvalue weighted by Gasteiger charge is 2.47. The third kappa shape index (κ3) is 38.3. The van der Waals surface area contributed by atoms with Gasteiger partial charge in [0.1, 0.15) is 24.4 Å². The number of amides is 1. The van der Waals surface area contributed by atoms with Crippen LogP contribution in [0, 0.1) is 0 Å². The van der Waals surface area contributed by atoms with E-state index in [4.69, 9.17) is 14.2 Å². The summed E-state index contributed by atoms with van der Waals surface area (Å²) in [4.78, 5) is 26.4. The largest absolute Gasteiger partial charge is 0.454 e. The molecule has 1 aliphatic heterocycles. The van der Waals surface area contributed by atoms with Crippen LogP contribution in [0.2, 0.25) is 0 Å². The minimum Gasteiger partial charge on any atom is -0.454 e. The summed E-state index contributed by atoms with van der Waals surface area (Å²) < 4.78 is 17.5. The van der Waals surface area contributed by atoms with Crippen LogP contribution in [0.1, 0.15) is 245 Å². The van der Waals surface area contributed by atoms with Gasteiger partial charge in [-0.15, -0.1) is 0 Å². The smallest absolute Gasteiger partial charge is 0.306 e. The summed E-state index contributed by atoms with van der Waals surface area (Å²) in [5.74, 6) is -1.27. The Kier molecular flexibility index (Phi) is 46.6. The average molecular weight is 1030 g/mol. The number of ether oxygens (including phenoxy) is 3. The van der Waals surface area contributed by atoms with Crippen molar-refractivity contribution < 1.29 is 49.3 Å². The van der Waals surface area contributed by atoms with Crippen molar-refractivity contribution in [3.05, 3.63) is 72.9 Å². The molecule has 422 valence electrons. The fraction of sp³-hybridized carbons (Fsp3) is 0.774. The molecule has 6 N–H and O–H groups in total. The highest BCUT2D eigenvalue weighted by molar-refractivity contribution is 5.80. The number of aliphatic hydroxyl groups excluding tert-OH is 5. The van der Waals surface area contributed by atoms with E-state index in [1.54, 1.807) is 6.08 Å². The minimum absolute atomic E-state index is 0.0259. The number of rotatable bonds is 49. The number of nitrogens with one attached hydrogen (secondary N) is 1. The number of aliphatic hydroxyl groups is 5. The van der Waals surface area contributed by atoms with Crippen LogP contribution in [0.4, 0.5) is 0 Å². The number of hydrogen-bond donors (Lipinski definition) is 6. The number of allylic oxidation sites excluding steroid dienone is 11. The van der Waals surface area contributed by atoms with Gasteiger partial charge in [-0.25, -0.2) is 0 Å². The summed E-state index contributed by atoms with van der Waals surface area (Å²) in [6, 6.07) is -1.04. The SMILES string of the molecule is CC/C=C/C=C/C=C\C=C/C=C/CCCC(=O)OC1C(OCC(NC(=O)C(O)CCCCCCCCCCCCCCCCCCCCCC)C(O)/C=C/CCCCCCCCCCC)OC(CO)C(O)C1O. The second-order valence-electron chi connectivity index (χ2n) is 20.5. The topological polar surface area (TPSA) is 175 Å². The standard InChI is InChI=1S/C62H109NO10/c1-4-7-10-13-16-19-22-24-25-26-27-28-29-30-32-34-37-40-43-46-49-55(66)61(70)63-53(54(65)48-45-42-39-36-33-21-18-15-12-9-6-3)52-71-62-60(59(69)58(68)56(51-64)72-62)73-57(67)50-47-44-41-38-35-31-23-20-17-14-11-8-5-2/h8,11,14,17,20,23,31,35,38,41,45,48,53-56,58-60,62,64-66,68-69H,4-7,9-10,12-13,15-16,18-19,21-22,24-30,32-34,36-37,39-40,42-44,46-47,49-52H2,1-3H3,(H,63,70)/b11-8+,17-14+,23-20-,35-31-,41-38+,48-45+. The van der Waals surface area contributed by atoms with E-state index < -0.39 is 67.4 Å². The van der Waals surface area contributed by atoms with Crippen LogP contribution in [0.3, 0.4) is 0 Å². The van der Waals surface area contributed by atoms with Crippen LogP contribution in [0.25, 0.3) is 0 Å². The zero-order valence-corrected chi connectivity index (χ0v) is 46.5. The first-order valence-electron chi connectivity index (χ1n) is 29.8. The highest BCUT2D eigenvalue weighted by Crippen LogP contribution is 2.26. The Labute approximate surface area is 445 Å². The summed E-state index contributed by atoms with van der Waals surface area (Å²) in [5.41, 5.74) is 0. The van der Waals surface area contributed by atoms with Gasteiger partial charge in [-0.05, 0) is 38.5 Å². The zero-order valence-electron chi connectivity index (χ0n) is 46.5. The van der Waals surface area contributed by atoms with Gasteiger partial charge < -0.3 is 45.1 Å². The van der Waals surface area contributed by atoms with Crippen molar-refractivity contribution in [3.8, 4) is 0 Å². The number of esters is 1. The van der Waals surface area contributed by atoms with E-state index in [2.05, 4.69) is 32.2 Å². The van der Waals surface area contributed by atoms with E-state index in [1.807, 2.05) is 60.8 Å². The van der Waals surface area contributed by atoms with Crippen molar-refractivity contribution in [1.29, 1.82) is 0 Å². The molecule has 8 atom stereocenters. The maximum Gasteiger partial charge on any atom is 0.306 e. The molecule has 1 amide bonds. The Balaban J connectivity index is 2.69. The second kappa shape index (κ2) is 49.9. The van der Waals surface area contributed by atoms with Gasteiger partial charge in [-0.1, -0.05) is 273 Å². The first kappa shape index (κ1) is 68.1. The Morgan fingerprint density at radius 2 is 0.986 bits per heavy atom. The lowest BCUT2D eigenvalue weighted by molar-refractivity contribution is -0.305. The predicted octanol–water partition coefficient (Wildman–Crippen LogP) is 13.6. The lowest BCUT2D eigenvalue weighted by atomic mass is 9.99. The van der Waals surface area contributed by atoms with Crippen molar-refractivity contribution in [2.45, 2.75) is 294 Å². The van der Waals surface area contributed by atoms with Crippen molar-refractivity contribution in [1.82, 2.24) is 5.32 Å². The van der Waals surface area contributed by atoms with E-state index in [0.29, 0.717) is 19.3 Å². The van der Waals surface area contributed by atoms with Crippen LogP contribution in [-0.2, 0) is 23.8 Å². The van der Waals surface area contributed by atoms with Crippen LogP contribution in [-0.4, -0.2) is 99.6 Å². The maximum absolute atomic E-state index is 13.4. The third-order valence-corrected chi connectivity index (χ3v) is 13.8. The van der Waals surface area contributed by atoms with Gasteiger partial charge in [0.15, 0.2) is 12.4 Å². The molecule has 11 heteroatoms. The van der Waals surface area contributed by atoms with Gasteiger partial charge in [0, 0.05) is 6.42 Å². The monoisotopic (exact) mass is 1030 g/mol. The quantitative estimate of drug-likeness (QED) is 0.0149. The van der Waals surface area contributed by atoms with Crippen molar-refractivity contribution in [3.63, 3.8) is 0 Å². The van der Waals surface area contributed by atoms with Gasteiger partial charge in [-0.3, -0.25) is 9.59 Å². The van der Waals surface area contributed by atoms with E-state index in [0.717, 1.165) is 51.4 Å². The number of hydrogen-bond acceptors (Lipinski definition) is 10. The van der Waals surface area contributed by atoms with E-state index >= 15 is 0 Å². The Morgan fingerprint density at radius 3 is 1.47 bits per heavy atom. The number of carbonyl (C=O) groups is 2. The minimum atomic E-state index is -1.64. The Bertz CT molecular complexity index is 1460. The molecule has 0 aromatic rings. The average Bonchev–Trinajstić information content (AvgIpc) is 3.39. The molecule has 8 unspecified atom stereocenters. The highest BCUT2D eigenvalue weighted by atomic mass is 16.7. The lowest BCUT2D eigenvalue weighted by Crippen LogP contribution is -2.61. The second-order valence-corrected chi connectivity index (χ2v) is 20.5. The Morgan fingerprint density at radius 1 is 0.548 bits per heavy atom. The number of carbonyl (C=O) groups excluding carboxylic acids is 2. The lowest BCUT2D eigenvalue weighted by Gasteiger charge is -2.41. The van der Waals surface area contributed by atoms with E-state index in [1.165, 1.54) is 141 Å². The first-order valence-corrected chi connectivity index (χ1v) is 29.8. The van der Waals surface area contributed by atoms with Crippen LogP contribution in [0.5, 0.6) is 0 Å². The normalized spacial score (nSPS) is 19.9. The fourth-order valence-electron chi connectivity index (χ4n) is 9.03. The van der Waals surface area contributed by atoms with Gasteiger partial charge in [0.25, 0.3) is 0 Å². The van der Waals surface area contributed by atoms with Crippen molar-refractivity contribution >= 4 is 11.9 Å². The molecule has 1 aliphatic rings. The summed E-state index contributed by atoms with van der Waals surface area (Å²) in [7, 11) is 0. The molecule has 73 heavy (non-hydrogen) atoms. The first-order chi connectivity index (χ1) is 35.7. The van der Waals surface area contributed by atoms with E-state index in [-0.39, 0.29) is 19.4 Å². The van der Waals surface area contributed by atoms with Gasteiger partial charge in [0.2, 0.25) is 5.91 Å². The molecule has 0 saturated carbocycles. The Hall–Kier alpha value is -2.90. The van der Waals surface area contributed by atoms with Crippen LogP contribution in [0.15, 0.2) is 72.9 Å². The summed E-state index contributed by atoms with van der Waals surface area (Å²) in [5, 5.41) is 56.8. The number of unbranched alkanes of at least 4 members (excludes halogenated alkanes) is 29. The molecule has 0 spiro atoms. The third-order valence-electron chi connectivity index (χ3n) is 13.8. The molecule has 0 aliphatic carbocycles. The van der Waals surface area contributed by atoms with Crippen molar-refractivity contribution in [2.24, 2.45) is 0 Å². The molecule has 0 aromatic carbocycles. The molecule has 0 bridgehead atoms. The molecule has 1 heterocycles. The van der Waals surface area contributed by atoms with Gasteiger partial charge in [-0.2, -0.15) is 0 Å². The maximum atomic E-state index is 13.4. The molecular weight excluding hydrogens is 919 g/mol. The summed E-state index contributed by atoms with van der Waals surface area (Å²) >= 11 is 0. The molecule has 0 aromatic heterocycles. The molecule has 11 nitrogen and oxygen atoms in total. The molecule has 1 fully saturated rings. The van der Waals surface area contributed by atoms with Crippen molar-refractivity contribution in [2.75, 3.05) is 13.2 Å². The molecular formula is C62H109NO10. The molecule has 0 radical (unpaired) electrons. The van der Waals surface area contributed by atoms with Gasteiger partial charge >= 0.3 is 5.97 Å². The predicted molar refractivity (Wildman–Crippen MR) is 301 cm³/mol. The fourth-order valence-corrected chi connectivity index (χ4v) is 9.03. The summed E-state index contributed by atoms with van der Waals surface area (Å²) in [6.07, 6.45) is 52.5. The van der Waals surface area contributed by atoms with Crippen LogP contribution >= 0.6 is 0 Å².